The van der Waals surface area contributed by atoms with E-state index < -0.39 is 0 Å². The summed E-state index contributed by atoms with van der Waals surface area (Å²) in [5.41, 5.74) is 2.87. The Morgan fingerprint density at radius 2 is 2.18 bits per heavy atom. The van der Waals surface area contributed by atoms with E-state index >= 15 is 0 Å². The quantitative estimate of drug-likeness (QED) is 0.568. The number of hydrogen-bond acceptors (Lipinski definition) is 3. The van der Waals surface area contributed by atoms with Crippen LogP contribution >= 0.6 is 11.8 Å². The van der Waals surface area contributed by atoms with E-state index in [1.54, 1.807) is 17.8 Å². The Labute approximate surface area is 107 Å². The van der Waals surface area contributed by atoms with E-state index in [0.717, 1.165) is 11.1 Å². The highest BCUT2D eigenvalue weighted by molar-refractivity contribution is 8.01. The summed E-state index contributed by atoms with van der Waals surface area (Å²) in [4.78, 5) is 0. The van der Waals surface area contributed by atoms with Crippen LogP contribution < -0.4 is 0 Å². The molecule has 17 heavy (non-hydrogen) atoms. The molecule has 0 N–H and O–H groups in total. The molecule has 0 aliphatic carbocycles. The van der Waals surface area contributed by atoms with Crippen LogP contribution in [0.15, 0.2) is 42.3 Å². The molecule has 0 heterocycles. The number of hydrogen-bond donors (Lipinski definition) is 0. The summed E-state index contributed by atoms with van der Waals surface area (Å²) in [5.74, 6) is 0. The number of ether oxygens (including phenoxy) is 1. The predicted molar refractivity (Wildman–Crippen MR) is 73.7 cm³/mol. The maximum Gasteiger partial charge on any atom is 0.0991 e. The van der Waals surface area contributed by atoms with Gasteiger partial charge in [0.25, 0.3) is 0 Å². The van der Waals surface area contributed by atoms with Gasteiger partial charge in [0.15, 0.2) is 0 Å². The van der Waals surface area contributed by atoms with Crippen molar-refractivity contribution in [3.8, 4) is 6.07 Å². The van der Waals surface area contributed by atoms with Crippen LogP contribution in [0.3, 0.4) is 0 Å². The fourth-order valence-electron chi connectivity index (χ4n) is 1.34. The van der Waals surface area contributed by atoms with Gasteiger partial charge in [-0.05, 0) is 34.9 Å². The first-order valence-corrected chi connectivity index (χ1v) is 6.51. The highest BCUT2D eigenvalue weighted by atomic mass is 32.2. The van der Waals surface area contributed by atoms with Crippen molar-refractivity contribution >= 4 is 17.3 Å². The summed E-state index contributed by atoms with van der Waals surface area (Å²) >= 11 is 1.64. The molecule has 3 heteroatoms. The van der Waals surface area contributed by atoms with Gasteiger partial charge in [0.2, 0.25) is 0 Å². The molecule has 0 aliphatic heterocycles. The lowest BCUT2D eigenvalue weighted by Crippen LogP contribution is -1.97. The maximum atomic E-state index is 8.74. The van der Waals surface area contributed by atoms with Gasteiger partial charge in [-0.2, -0.15) is 5.26 Å². The molecular formula is C14H15NOS. The lowest BCUT2D eigenvalue weighted by molar-refractivity contribution is 0.199. The summed E-state index contributed by atoms with van der Waals surface area (Å²) in [6.45, 7) is 4.71. The highest BCUT2D eigenvalue weighted by Crippen LogP contribution is 2.18. The van der Waals surface area contributed by atoms with E-state index in [1.807, 2.05) is 30.5 Å². The molecule has 0 aliphatic rings. The van der Waals surface area contributed by atoms with Gasteiger partial charge >= 0.3 is 0 Å². The molecule has 0 radical (unpaired) electrons. The number of nitrogens with zero attached hydrogens (tertiary/aromatic N) is 1. The van der Waals surface area contributed by atoms with Crippen LogP contribution in [0.1, 0.15) is 11.1 Å². The molecule has 0 atom stereocenters. The molecule has 0 saturated heterocycles. The van der Waals surface area contributed by atoms with Crippen LogP contribution in [-0.2, 0) is 4.74 Å². The van der Waals surface area contributed by atoms with Gasteiger partial charge in [-0.15, -0.1) is 18.3 Å². The normalized spacial score (nSPS) is 10.9. The second kappa shape index (κ2) is 7.72. The zero-order valence-corrected chi connectivity index (χ0v) is 10.7. The molecule has 0 unspecified atom stereocenters. The molecule has 0 spiro atoms. The minimum atomic E-state index is 0.544. The van der Waals surface area contributed by atoms with E-state index in [2.05, 4.69) is 18.1 Å². The smallest absolute Gasteiger partial charge is 0.0991 e. The number of benzene rings is 1. The third-order valence-electron chi connectivity index (χ3n) is 2.14. The molecule has 0 fully saturated rings. The fraction of sp³-hybridized carbons (Fsp3) is 0.214. The Morgan fingerprint density at radius 1 is 1.47 bits per heavy atom. The standard InChI is InChI=1S/C14H15NOS/c1-3-8-16-10-14(11-17-2)13-6-4-12(9-15)5-7-13/h3-7,11H,1,8,10H2,2H3/b14-11-. The van der Waals surface area contributed by atoms with Crippen molar-refractivity contribution in [2.45, 2.75) is 0 Å². The van der Waals surface area contributed by atoms with Crippen LogP contribution in [0.5, 0.6) is 0 Å². The maximum absolute atomic E-state index is 8.74. The van der Waals surface area contributed by atoms with E-state index in [0.29, 0.717) is 18.8 Å². The molecule has 0 amide bonds. The van der Waals surface area contributed by atoms with Crippen molar-refractivity contribution in [2.75, 3.05) is 19.5 Å². The number of nitriles is 1. The SMILES string of the molecule is C=CCOC/C(=C/SC)c1ccc(C#N)cc1. The third-order valence-corrected chi connectivity index (χ3v) is 2.66. The largest absolute Gasteiger partial charge is 0.373 e. The molecule has 1 aromatic rings. The lowest BCUT2D eigenvalue weighted by atomic mass is 10.1. The second-order valence-corrected chi connectivity index (χ2v) is 4.08. The molecule has 2 nitrogen and oxygen atoms in total. The van der Waals surface area contributed by atoms with Crippen molar-refractivity contribution in [3.05, 3.63) is 53.5 Å². The lowest BCUT2D eigenvalue weighted by Gasteiger charge is -2.07. The Morgan fingerprint density at radius 3 is 2.71 bits per heavy atom. The molecule has 1 rings (SSSR count). The molecule has 88 valence electrons. The van der Waals surface area contributed by atoms with Crippen molar-refractivity contribution < 1.29 is 4.74 Å². The Bertz CT molecular complexity index is 429. The fourth-order valence-corrected chi connectivity index (χ4v) is 1.83. The van der Waals surface area contributed by atoms with Crippen molar-refractivity contribution in [2.24, 2.45) is 0 Å². The minimum absolute atomic E-state index is 0.544. The van der Waals surface area contributed by atoms with Crippen LogP contribution in [0.25, 0.3) is 5.57 Å². The Hall–Kier alpha value is -1.50. The molecular weight excluding hydrogens is 230 g/mol. The van der Waals surface area contributed by atoms with E-state index in [1.165, 1.54) is 0 Å². The minimum Gasteiger partial charge on any atom is -0.373 e. The highest BCUT2D eigenvalue weighted by Gasteiger charge is 2.01. The predicted octanol–water partition coefficient (Wildman–Crippen LogP) is 3.46. The summed E-state index contributed by atoms with van der Waals surface area (Å²) < 4.78 is 5.44. The summed E-state index contributed by atoms with van der Waals surface area (Å²) in [6, 6.07) is 9.63. The van der Waals surface area contributed by atoms with Gasteiger partial charge in [-0.1, -0.05) is 18.2 Å². The zero-order valence-electron chi connectivity index (χ0n) is 9.85. The van der Waals surface area contributed by atoms with Crippen molar-refractivity contribution in [1.29, 1.82) is 5.26 Å². The zero-order chi connectivity index (χ0) is 12.5. The summed E-state index contributed by atoms with van der Waals surface area (Å²) in [6.07, 6.45) is 3.74. The second-order valence-electron chi connectivity index (χ2n) is 3.37. The first kappa shape index (κ1) is 13.6. The summed E-state index contributed by atoms with van der Waals surface area (Å²) in [5, 5.41) is 10.8. The van der Waals surface area contributed by atoms with Crippen LogP contribution in [0.2, 0.25) is 0 Å². The average molecular weight is 245 g/mol. The van der Waals surface area contributed by atoms with Gasteiger partial charge in [0.05, 0.1) is 24.8 Å². The van der Waals surface area contributed by atoms with Gasteiger partial charge < -0.3 is 4.74 Å². The first-order valence-electron chi connectivity index (χ1n) is 5.22. The van der Waals surface area contributed by atoms with Gasteiger partial charge in [0, 0.05) is 0 Å². The Kier molecular flexibility index (Phi) is 6.16. The molecule has 0 bridgehead atoms. The topological polar surface area (TPSA) is 33.0 Å². The van der Waals surface area contributed by atoms with Crippen LogP contribution in [-0.4, -0.2) is 19.5 Å². The number of thioether (sulfide) groups is 1. The molecule has 0 saturated carbocycles. The van der Waals surface area contributed by atoms with E-state index in [4.69, 9.17) is 10.00 Å². The monoisotopic (exact) mass is 245 g/mol. The van der Waals surface area contributed by atoms with Crippen LogP contribution in [0.4, 0.5) is 0 Å². The molecule has 0 aromatic heterocycles. The third kappa shape index (κ3) is 4.48. The van der Waals surface area contributed by atoms with Gasteiger partial charge in [-0.3, -0.25) is 0 Å². The summed E-state index contributed by atoms with van der Waals surface area (Å²) in [7, 11) is 0. The van der Waals surface area contributed by atoms with Gasteiger partial charge in [-0.25, -0.2) is 0 Å². The number of rotatable bonds is 6. The van der Waals surface area contributed by atoms with E-state index in [-0.39, 0.29) is 0 Å². The van der Waals surface area contributed by atoms with Crippen molar-refractivity contribution in [3.63, 3.8) is 0 Å². The first-order chi connectivity index (χ1) is 8.31. The average Bonchev–Trinajstić information content (AvgIpc) is 2.38. The molecule has 1 aromatic carbocycles. The Balaban J connectivity index is 2.79. The van der Waals surface area contributed by atoms with Gasteiger partial charge in [0.1, 0.15) is 0 Å². The van der Waals surface area contributed by atoms with E-state index in [9.17, 15) is 0 Å². The van der Waals surface area contributed by atoms with Crippen LogP contribution in [0, 0.1) is 11.3 Å². The van der Waals surface area contributed by atoms with Crippen molar-refractivity contribution in [1.82, 2.24) is 0 Å².